The topological polar surface area (TPSA) is 0 Å². The van der Waals surface area contributed by atoms with E-state index < -0.39 is 0 Å². The largest absolute Gasteiger partial charge is 0.0619 e. The van der Waals surface area contributed by atoms with Crippen LogP contribution in [0, 0.1) is 13.8 Å². The summed E-state index contributed by atoms with van der Waals surface area (Å²) in [5.74, 6) is 0.557. The molecule has 0 amide bonds. The van der Waals surface area contributed by atoms with Crippen molar-refractivity contribution in [3.8, 4) is 22.3 Å². The van der Waals surface area contributed by atoms with Crippen LogP contribution in [0.4, 0.5) is 0 Å². The lowest BCUT2D eigenvalue weighted by Crippen LogP contribution is -2.04. The fraction of sp³-hybridized carbons (Fsp3) is 0.118. The number of benzene rings is 5. The molecule has 2 aliphatic carbocycles. The standard InChI is InChI=1S/C34H26/c1-21-14-16-29-31(18-21)25-10-3-5-12-27(25)33(29)23-8-7-9-24(20-23)34-28-13-6-4-11-26(28)32-19-22(2)15-17-30(32)34/h3-20,33-34H,1-2H3. The van der Waals surface area contributed by atoms with Gasteiger partial charge in [0, 0.05) is 11.8 Å². The maximum atomic E-state index is 2.47. The second-order valence-electron chi connectivity index (χ2n) is 9.89. The first-order valence-electron chi connectivity index (χ1n) is 12.2. The van der Waals surface area contributed by atoms with Crippen molar-refractivity contribution in [2.75, 3.05) is 0 Å². The molecule has 5 aromatic rings. The highest BCUT2D eigenvalue weighted by Gasteiger charge is 2.32. The summed E-state index contributed by atoms with van der Waals surface area (Å²) < 4.78 is 0. The van der Waals surface area contributed by atoms with Crippen LogP contribution < -0.4 is 0 Å². The summed E-state index contributed by atoms with van der Waals surface area (Å²) in [4.78, 5) is 0. The predicted molar refractivity (Wildman–Crippen MR) is 142 cm³/mol. The molecule has 0 fully saturated rings. The van der Waals surface area contributed by atoms with Crippen molar-refractivity contribution < 1.29 is 0 Å². The molecule has 0 radical (unpaired) electrons. The third-order valence-electron chi connectivity index (χ3n) is 7.74. The van der Waals surface area contributed by atoms with Crippen molar-refractivity contribution in [2.45, 2.75) is 25.7 Å². The van der Waals surface area contributed by atoms with Gasteiger partial charge in [-0.2, -0.15) is 0 Å². The Bertz CT molecular complexity index is 1470. The lowest BCUT2D eigenvalue weighted by Gasteiger charge is -2.19. The van der Waals surface area contributed by atoms with Crippen molar-refractivity contribution in [3.05, 3.63) is 154 Å². The van der Waals surface area contributed by atoms with Gasteiger partial charge in [-0.05, 0) is 69.5 Å². The van der Waals surface area contributed by atoms with E-state index in [1.165, 1.54) is 66.8 Å². The van der Waals surface area contributed by atoms with Crippen molar-refractivity contribution in [1.29, 1.82) is 0 Å². The molecule has 5 aromatic carbocycles. The summed E-state index contributed by atoms with van der Waals surface area (Å²) in [6, 6.07) is 41.1. The normalized spacial score (nSPS) is 17.1. The number of hydrogen-bond acceptors (Lipinski definition) is 0. The van der Waals surface area contributed by atoms with E-state index in [4.69, 9.17) is 0 Å². The maximum Gasteiger partial charge on any atom is 0.0352 e. The van der Waals surface area contributed by atoms with Crippen LogP contribution in [0.15, 0.2) is 109 Å². The number of aryl methyl sites for hydroxylation is 2. The van der Waals surface area contributed by atoms with Crippen molar-refractivity contribution in [3.63, 3.8) is 0 Å². The molecular formula is C34H26. The molecule has 0 saturated carbocycles. The summed E-state index contributed by atoms with van der Waals surface area (Å²) >= 11 is 0. The predicted octanol–water partition coefficient (Wildman–Crippen LogP) is 8.62. The second-order valence-corrected chi connectivity index (χ2v) is 9.89. The van der Waals surface area contributed by atoms with E-state index in [-0.39, 0.29) is 11.8 Å². The Morgan fingerprint density at radius 2 is 0.824 bits per heavy atom. The first kappa shape index (κ1) is 19.6. The molecule has 162 valence electrons. The summed E-state index contributed by atoms with van der Waals surface area (Å²) in [5.41, 5.74) is 16.6. The molecule has 7 rings (SSSR count). The van der Waals surface area contributed by atoms with Crippen LogP contribution in [0.1, 0.15) is 56.3 Å². The Kier molecular flexibility index (Phi) is 4.20. The van der Waals surface area contributed by atoms with Crippen LogP contribution >= 0.6 is 0 Å². The molecule has 0 N–H and O–H groups in total. The number of rotatable bonds is 2. The van der Waals surface area contributed by atoms with Gasteiger partial charge in [-0.15, -0.1) is 0 Å². The first-order valence-corrected chi connectivity index (χ1v) is 12.2. The van der Waals surface area contributed by atoms with E-state index in [1.54, 1.807) is 0 Å². The monoisotopic (exact) mass is 434 g/mol. The Balaban J connectivity index is 1.41. The minimum atomic E-state index is 0.279. The third kappa shape index (κ3) is 2.78. The molecule has 2 unspecified atom stereocenters. The van der Waals surface area contributed by atoms with Gasteiger partial charge in [-0.3, -0.25) is 0 Å². The van der Waals surface area contributed by atoms with Crippen molar-refractivity contribution >= 4 is 0 Å². The van der Waals surface area contributed by atoms with Gasteiger partial charge in [0.2, 0.25) is 0 Å². The average molecular weight is 435 g/mol. The Hall–Kier alpha value is -3.90. The lowest BCUT2D eigenvalue weighted by molar-refractivity contribution is 0.972. The van der Waals surface area contributed by atoms with Gasteiger partial charge in [0.25, 0.3) is 0 Å². The lowest BCUT2D eigenvalue weighted by atomic mass is 9.84. The van der Waals surface area contributed by atoms with E-state index in [0.717, 1.165) is 0 Å². The van der Waals surface area contributed by atoms with E-state index >= 15 is 0 Å². The number of hydrogen-bond donors (Lipinski definition) is 0. The van der Waals surface area contributed by atoms with Crippen LogP contribution in [-0.4, -0.2) is 0 Å². The van der Waals surface area contributed by atoms with Crippen LogP contribution in [0.5, 0.6) is 0 Å². The van der Waals surface area contributed by atoms with Crippen molar-refractivity contribution in [1.82, 2.24) is 0 Å². The molecule has 0 saturated heterocycles. The van der Waals surface area contributed by atoms with E-state index in [9.17, 15) is 0 Å². The van der Waals surface area contributed by atoms with Crippen LogP contribution in [0.2, 0.25) is 0 Å². The summed E-state index contributed by atoms with van der Waals surface area (Å²) in [5, 5.41) is 0. The highest BCUT2D eigenvalue weighted by atomic mass is 14.4. The van der Waals surface area contributed by atoms with Gasteiger partial charge in [0.1, 0.15) is 0 Å². The van der Waals surface area contributed by atoms with E-state index in [0.29, 0.717) is 0 Å². The molecule has 0 heterocycles. The SMILES string of the molecule is Cc1ccc2c(c1)-c1ccccc1C2c1cccc(C2c3ccccc3-c3cc(C)ccc32)c1. The molecule has 2 atom stereocenters. The molecular weight excluding hydrogens is 408 g/mol. The summed E-state index contributed by atoms with van der Waals surface area (Å²) in [7, 11) is 0. The minimum absolute atomic E-state index is 0.279. The van der Waals surface area contributed by atoms with E-state index in [2.05, 4.69) is 123 Å². The van der Waals surface area contributed by atoms with Crippen LogP contribution in [-0.2, 0) is 0 Å². The molecule has 0 aromatic heterocycles. The zero-order valence-electron chi connectivity index (χ0n) is 19.5. The minimum Gasteiger partial charge on any atom is -0.0619 e. The Morgan fingerprint density at radius 3 is 1.32 bits per heavy atom. The Labute approximate surface area is 201 Å². The molecule has 2 aliphatic rings. The molecule has 0 nitrogen and oxygen atoms in total. The zero-order chi connectivity index (χ0) is 22.8. The van der Waals surface area contributed by atoms with Crippen LogP contribution in [0.25, 0.3) is 22.3 Å². The zero-order valence-corrected chi connectivity index (χ0v) is 19.5. The quantitative estimate of drug-likeness (QED) is 0.255. The highest BCUT2D eigenvalue weighted by Crippen LogP contribution is 2.51. The third-order valence-corrected chi connectivity index (χ3v) is 7.74. The van der Waals surface area contributed by atoms with Gasteiger partial charge >= 0.3 is 0 Å². The van der Waals surface area contributed by atoms with Crippen LogP contribution in [0.3, 0.4) is 0 Å². The Morgan fingerprint density at radius 1 is 0.382 bits per heavy atom. The highest BCUT2D eigenvalue weighted by molar-refractivity contribution is 5.83. The summed E-state index contributed by atoms with van der Waals surface area (Å²) in [6.07, 6.45) is 0. The first-order chi connectivity index (χ1) is 16.7. The van der Waals surface area contributed by atoms with E-state index in [1.807, 2.05) is 0 Å². The van der Waals surface area contributed by atoms with Crippen molar-refractivity contribution in [2.24, 2.45) is 0 Å². The van der Waals surface area contributed by atoms with Gasteiger partial charge in [0.05, 0.1) is 0 Å². The fourth-order valence-electron chi connectivity index (χ4n) is 6.27. The molecule has 0 spiro atoms. The molecule has 34 heavy (non-hydrogen) atoms. The second kappa shape index (κ2) is 7.30. The molecule has 0 heteroatoms. The van der Waals surface area contributed by atoms with Gasteiger partial charge in [-0.1, -0.05) is 120 Å². The smallest absolute Gasteiger partial charge is 0.0352 e. The summed E-state index contributed by atoms with van der Waals surface area (Å²) in [6.45, 7) is 4.38. The fourth-order valence-corrected chi connectivity index (χ4v) is 6.27. The molecule has 0 aliphatic heterocycles. The van der Waals surface area contributed by atoms with Gasteiger partial charge in [-0.25, -0.2) is 0 Å². The number of fused-ring (bicyclic) bond motifs is 6. The average Bonchev–Trinajstić information content (AvgIpc) is 3.36. The molecule has 0 bridgehead atoms. The van der Waals surface area contributed by atoms with Gasteiger partial charge < -0.3 is 0 Å². The van der Waals surface area contributed by atoms with Gasteiger partial charge in [0.15, 0.2) is 0 Å². The maximum absolute atomic E-state index is 2.47.